The zero-order valence-electron chi connectivity index (χ0n) is 9.53. The summed E-state index contributed by atoms with van der Waals surface area (Å²) < 4.78 is 31.2. The van der Waals surface area contributed by atoms with E-state index in [1.54, 1.807) is 0 Å². The summed E-state index contributed by atoms with van der Waals surface area (Å²) in [5.74, 6) is -3.05. The lowest BCUT2D eigenvalue weighted by Gasteiger charge is -2.11. The maximum absolute atomic E-state index is 11.1. The molecule has 0 aliphatic carbocycles. The first kappa shape index (κ1) is 14.9. The molecule has 7 nitrogen and oxygen atoms in total. The lowest BCUT2D eigenvalue weighted by atomic mass is 9.98. The van der Waals surface area contributed by atoms with E-state index in [1.165, 1.54) is 6.08 Å². The van der Waals surface area contributed by atoms with E-state index in [0.29, 0.717) is 0 Å². The van der Waals surface area contributed by atoms with E-state index in [1.807, 2.05) is 0 Å². The van der Waals surface area contributed by atoms with Crippen LogP contribution in [-0.2, 0) is 16.5 Å². The zero-order valence-corrected chi connectivity index (χ0v) is 10.3. The molecule has 0 bridgehead atoms. The summed E-state index contributed by atoms with van der Waals surface area (Å²) in [7, 11) is -4.77. The minimum absolute atomic E-state index is 0.160. The first-order valence-corrected chi connectivity index (χ1v) is 6.35. The lowest BCUT2D eigenvalue weighted by Crippen LogP contribution is -2.15. The van der Waals surface area contributed by atoms with Crippen LogP contribution in [0.4, 0.5) is 0 Å². The van der Waals surface area contributed by atoms with Crippen LogP contribution in [0.5, 0.6) is 0 Å². The molecule has 0 heterocycles. The molecule has 0 aliphatic heterocycles. The molecule has 102 valence electrons. The minimum Gasteiger partial charge on any atom is -0.478 e. The van der Waals surface area contributed by atoms with Gasteiger partial charge in [0.15, 0.2) is 0 Å². The molecular formula is C11H10O7S. The van der Waals surface area contributed by atoms with Crippen LogP contribution in [0.15, 0.2) is 29.7 Å². The Hall–Kier alpha value is -2.19. The number of carboxylic acids is 2. The van der Waals surface area contributed by atoms with Crippen molar-refractivity contribution in [2.75, 3.05) is 0 Å². The molecule has 1 rings (SSSR count). The molecule has 0 unspecified atom stereocenters. The van der Waals surface area contributed by atoms with Crippen LogP contribution >= 0.6 is 0 Å². The summed E-state index contributed by atoms with van der Waals surface area (Å²) in [6.07, 6.45) is 1.08. The Morgan fingerprint density at radius 3 is 2.16 bits per heavy atom. The standard InChI is InChI=1S/C11H10O7S/c1-2-3-6-7(10(12)13)4-5-8(19(16,17)18)9(6)11(14)15/h2,4-5H,1,3H2,(H,12,13)(H,14,15)(H,16,17,18). The molecule has 1 aromatic carbocycles. The van der Waals surface area contributed by atoms with Gasteiger partial charge in [-0.15, -0.1) is 6.58 Å². The average Bonchev–Trinajstić information content (AvgIpc) is 2.26. The highest BCUT2D eigenvalue weighted by Gasteiger charge is 2.26. The Balaban J connectivity index is 3.83. The summed E-state index contributed by atoms with van der Waals surface area (Å²) in [6.45, 7) is 3.35. The van der Waals surface area contributed by atoms with Gasteiger partial charge in [-0.05, 0) is 24.1 Å². The molecule has 1 aromatic rings. The van der Waals surface area contributed by atoms with Gasteiger partial charge in [-0.2, -0.15) is 8.42 Å². The summed E-state index contributed by atoms with van der Waals surface area (Å²) in [6, 6.07) is 1.67. The van der Waals surface area contributed by atoms with E-state index < -0.39 is 32.5 Å². The Bertz CT molecular complexity index is 658. The predicted molar refractivity (Wildman–Crippen MR) is 64.1 cm³/mol. The predicted octanol–water partition coefficient (Wildman–Crippen LogP) is 1.06. The Labute approximate surface area is 108 Å². The van der Waals surface area contributed by atoms with Crippen LogP contribution in [0, 0.1) is 0 Å². The van der Waals surface area contributed by atoms with E-state index in [2.05, 4.69) is 6.58 Å². The molecule has 0 amide bonds. The van der Waals surface area contributed by atoms with E-state index in [-0.39, 0.29) is 17.5 Å². The summed E-state index contributed by atoms with van der Waals surface area (Å²) in [5.41, 5.74) is -1.35. The molecule has 19 heavy (non-hydrogen) atoms. The number of allylic oxidation sites excluding steroid dienone is 1. The Morgan fingerprint density at radius 1 is 1.21 bits per heavy atom. The van der Waals surface area contributed by atoms with Gasteiger partial charge in [0.05, 0.1) is 11.1 Å². The summed E-state index contributed by atoms with van der Waals surface area (Å²) in [4.78, 5) is 21.3. The molecule has 0 fully saturated rings. The molecule has 0 spiro atoms. The van der Waals surface area contributed by atoms with Gasteiger partial charge in [0, 0.05) is 0 Å². The third-order valence-electron chi connectivity index (χ3n) is 2.35. The van der Waals surface area contributed by atoms with Crippen LogP contribution in [0.2, 0.25) is 0 Å². The molecule has 0 saturated heterocycles. The topological polar surface area (TPSA) is 129 Å². The van der Waals surface area contributed by atoms with Gasteiger partial charge >= 0.3 is 11.9 Å². The van der Waals surface area contributed by atoms with Gasteiger partial charge < -0.3 is 10.2 Å². The molecular weight excluding hydrogens is 276 g/mol. The number of carbonyl (C=O) groups is 2. The van der Waals surface area contributed by atoms with Crippen molar-refractivity contribution in [2.45, 2.75) is 11.3 Å². The zero-order chi connectivity index (χ0) is 14.8. The van der Waals surface area contributed by atoms with Gasteiger partial charge in [-0.1, -0.05) is 6.08 Å². The highest BCUT2D eigenvalue weighted by atomic mass is 32.2. The fourth-order valence-corrected chi connectivity index (χ4v) is 2.34. The fraction of sp³-hybridized carbons (Fsp3) is 0.0909. The van der Waals surface area contributed by atoms with E-state index in [4.69, 9.17) is 14.8 Å². The van der Waals surface area contributed by atoms with Crippen molar-refractivity contribution in [1.82, 2.24) is 0 Å². The molecule has 0 radical (unpaired) electrons. The number of aromatic carboxylic acids is 2. The second-order valence-corrected chi connectivity index (χ2v) is 4.93. The number of hydrogen-bond acceptors (Lipinski definition) is 4. The Kier molecular flexibility index (Phi) is 4.07. The number of benzene rings is 1. The van der Waals surface area contributed by atoms with Crippen LogP contribution < -0.4 is 0 Å². The van der Waals surface area contributed by atoms with Crippen LogP contribution in [0.25, 0.3) is 0 Å². The highest BCUT2D eigenvalue weighted by molar-refractivity contribution is 7.86. The summed E-state index contributed by atoms with van der Waals surface area (Å²) >= 11 is 0. The monoisotopic (exact) mass is 286 g/mol. The van der Waals surface area contributed by atoms with Gasteiger partial charge in [-0.3, -0.25) is 4.55 Å². The van der Waals surface area contributed by atoms with E-state index >= 15 is 0 Å². The lowest BCUT2D eigenvalue weighted by molar-refractivity contribution is 0.0691. The largest absolute Gasteiger partial charge is 0.478 e. The van der Waals surface area contributed by atoms with Crippen LogP contribution in [0.3, 0.4) is 0 Å². The SMILES string of the molecule is C=CCc1c(C(=O)O)ccc(S(=O)(=O)O)c1C(=O)O. The van der Waals surface area contributed by atoms with Crippen molar-refractivity contribution in [3.05, 3.63) is 41.5 Å². The van der Waals surface area contributed by atoms with Crippen LogP contribution in [-0.4, -0.2) is 35.1 Å². The van der Waals surface area contributed by atoms with Gasteiger partial charge in [-0.25, -0.2) is 9.59 Å². The smallest absolute Gasteiger partial charge is 0.337 e. The number of rotatable bonds is 5. The fourth-order valence-electron chi connectivity index (χ4n) is 1.63. The average molecular weight is 286 g/mol. The maximum atomic E-state index is 11.1. The normalized spacial score (nSPS) is 11.0. The van der Waals surface area contributed by atoms with Crippen molar-refractivity contribution in [1.29, 1.82) is 0 Å². The third kappa shape index (κ3) is 2.98. The number of carboxylic acid groups (broad SMARTS) is 2. The van der Waals surface area contributed by atoms with Crippen molar-refractivity contribution in [2.24, 2.45) is 0 Å². The minimum atomic E-state index is -4.77. The quantitative estimate of drug-likeness (QED) is 0.545. The van der Waals surface area contributed by atoms with E-state index in [9.17, 15) is 18.0 Å². The second-order valence-electron chi connectivity index (χ2n) is 3.54. The van der Waals surface area contributed by atoms with Crippen LogP contribution in [0.1, 0.15) is 26.3 Å². The molecule has 3 N–H and O–H groups in total. The molecule has 0 aromatic heterocycles. The van der Waals surface area contributed by atoms with Crippen molar-refractivity contribution < 1.29 is 32.8 Å². The maximum Gasteiger partial charge on any atom is 0.337 e. The van der Waals surface area contributed by atoms with Crippen molar-refractivity contribution in [3.8, 4) is 0 Å². The first-order valence-electron chi connectivity index (χ1n) is 4.91. The van der Waals surface area contributed by atoms with Crippen molar-refractivity contribution >= 4 is 22.1 Å². The van der Waals surface area contributed by atoms with Gasteiger partial charge in [0.1, 0.15) is 4.90 Å². The Morgan fingerprint density at radius 2 is 1.79 bits per heavy atom. The molecule has 0 aliphatic rings. The first-order chi connectivity index (χ1) is 8.70. The van der Waals surface area contributed by atoms with Gasteiger partial charge in [0.2, 0.25) is 0 Å². The van der Waals surface area contributed by atoms with Crippen molar-refractivity contribution in [3.63, 3.8) is 0 Å². The second kappa shape index (κ2) is 5.21. The number of hydrogen-bond donors (Lipinski definition) is 3. The molecule has 8 heteroatoms. The van der Waals surface area contributed by atoms with E-state index in [0.717, 1.165) is 12.1 Å². The molecule has 0 atom stereocenters. The van der Waals surface area contributed by atoms with Gasteiger partial charge in [0.25, 0.3) is 10.1 Å². The third-order valence-corrected chi connectivity index (χ3v) is 3.24. The highest BCUT2D eigenvalue weighted by Crippen LogP contribution is 2.24. The summed E-state index contributed by atoms with van der Waals surface area (Å²) in [5, 5.41) is 18.0. The molecule has 0 saturated carbocycles.